The van der Waals surface area contributed by atoms with Crippen LogP contribution < -0.4 is 10.5 Å². The Morgan fingerprint density at radius 3 is 2.59 bits per heavy atom. The van der Waals surface area contributed by atoms with Gasteiger partial charge in [-0.15, -0.1) is 0 Å². The predicted octanol–water partition coefficient (Wildman–Crippen LogP) is 3.80. The molecule has 0 radical (unpaired) electrons. The van der Waals surface area contributed by atoms with Crippen LogP contribution in [-0.2, 0) is 11.8 Å². The van der Waals surface area contributed by atoms with Crippen molar-refractivity contribution in [3.8, 4) is 5.75 Å². The minimum atomic E-state index is -0.591. The zero-order chi connectivity index (χ0) is 22.9. The lowest BCUT2D eigenvalue weighted by atomic mass is 9.77. The van der Waals surface area contributed by atoms with Crippen molar-refractivity contribution in [2.24, 2.45) is 18.2 Å². The van der Waals surface area contributed by atoms with E-state index in [0.717, 1.165) is 29.4 Å². The maximum absolute atomic E-state index is 13.6. The monoisotopic (exact) mass is 437 g/mol. The van der Waals surface area contributed by atoms with E-state index in [0.29, 0.717) is 24.4 Å². The summed E-state index contributed by atoms with van der Waals surface area (Å²) in [6.45, 7) is 3.16. The van der Waals surface area contributed by atoms with Gasteiger partial charge in [0.15, 0.2) is 0 Å². The second kappa shape index (κ2) is 8.65. The molecule has 6 nitrogen and oxygen atoms in total. The molecule has 0 unspecified atom stereocenters. The van der Waals surface area contributed by atoms with E-state index >= 15 is 0 Å². The number of primary amides is 1. The van der Waals surface area contributed by atoms with Crippen LogP contribution in [0.3, 0.4) is 0 Å². The highest BCUT2D eigenvalue weighted by molar-refractivity contribution is 6.08. The minimum Gasteiger partial charge on any atom is -0.493 e. The highest BCUT2D eigenvalue weighted by atomic mass is 19.1. The molecule has 1 atom stereocenters. The number of benzene rings is 2. The fraction of sp³-hybridized carbons (Fsp3) is 0.360. The van der Waals surface area contributed by atoms with E-state index in [9.17, 15) is 14.0 Å². The lowest BCUT2D eigenvalue weighted by molar-refractivity contribution is -0.122. The molecule has 168 valence electrons. The number of nitrogens with zero attached hydrogens (tertiary/aromatic N) is 2. The van der Waals surface area contributed by atoms with Gasteiger partial charge >= 0.3 is 0 Å². The fourth-order valence-electron chi connectivity index (χ4n) is 4.78. The third-order valence-corrected chi connectivity index (χ3v) is 6.47. The number of para-hydroxylation sites is 1. The van der Waals surface area contributed by atoms with E-state index in [-0.39, 0.29) is 24.8 Å². The number of rotatable bonds is 6. The molecule has 0 aliphatic carbocycles. The number of hydrogen-bond donors (Lipinski definition) is 1. The Morgan fingerprint density at radius 1 is 1.16 bits per heavy atom. The Bertz CT molecular complexity index is 1160. The number of hydrogen-bond acceptors (Lipinski definition) is 3. The third kappa shape index (κ3) is 4.20. The van der Waals surface area contributed by atoms with Gasteiger partial charge in [0.25, 0.3) is 5.91 Å². The molecule has 1 aliphatic heterocycles. The summed E-state index contributed by atoms with van der Waals surface area (Å²) in [7, 11) is 1.96. The van der Waals surface area contributed by atoms with Gasteiger partial charge in [0.05, 0.1) is 12.2 Å². The maximum atomic E-state index is 13.6. The summed E-state index contributed by atoms with van der Waals surface area (Å²) in [5.41, 5.74) is 7.60. The van der Waals surface area contributed by atoms with Crippen LogP contribution in [-0.4, -0.2) is 41.0 Å². The first-order valence-electron chi connectivity index (χ1n) is 10.8. The van der Waals surface area contributed by atoms with E-state index in [2.05, 4.69) is 0 Å². The van der Waals surface area contributed by atoms with Crippen molar-refractivity contribution in [3.63, 3.8) is 0 Å². The highest BCUT2D eigenvalue weighted by Crippen LogP contribution is 2.36. The van der Waals surface area contributed by atoms with Crippen LogP contribution in [0.1, 0.15) is 35.3 Å². The molecule has 1 fully saturated rings. The number of aromatic nitrogens is 1. The Morgan fingerprint density at radius 2 is 1.88 bits per heavy atom. The second-order valence-electron chi connectivity index (χ2n) is 8.75. The van der Waals surface area contributed by atoms with Crippen molar-refractivity contribution in [2.45, 2.75) is 26.2 Å². The molecule has 2 aromatic carbocycles. The molecule has 1 aliphatic rings. The van der Waals surface area contributed by atoms with Crippen LogP contribution in [0, 0.1) is 18.2 Å². The Labute approximate surface area is 186 Å². The predicted molar refractivity (Wildman–Crippen MR) is 121 cm³/mol. The molecule has 2 amide bonds. The molecule has 1 saturated heterocycles. The fourth-order valence-corrected chi connectivity index (χ4v) is 4.78. The van der Waals surface area contributed by atoms with Gasteiger partial charge in [0.2, 0.25) is 5.91 Å². The molecule has 2 heterocycles. The van der Waals surface area contributed by atoms with Gasteiger partial charge in [-0.3, -0.25) is 9.59 Å². The molecular weight excluding hydrogens is 409 g/mol. The standard InChI is InChI=1S/C25H28FN3O3/c1-17-23(20-6-3-4-7-21(20)28(17)2)24(31)29-13-5-12-25(15-29,14-22(27)30)16-32-19-10-8-18(26)9-11-19/h3-4,6-11H,5,12-16H2,1-2H3,(H2,27,30)/t25-/m1/s1. The number of aryl methyl sites for hydroxylation is 1. The van der Waals surface area contributed by atoms with Crippen LogP contribution in [0.2, 0.25) is 0 Å². The van der Waals surface area contributed by atoms with Gasteiger partial charge in [-0.05, 0) is 50.1 Å². The van der Waals surface area contributed by atoms with Crippen LogP contribution in [0.4, 0.5) is 4.39 Å². The Balaban J connectivity index is 1.60. The normalized spacial score (nSPS) is 18.7. The third-order valence-electron chi connectivity index (χ3n) is 6.47. The summed E-state index contributed by atoms with van der Waals surface area (Å²) in [5, 5.41) is 0.922. The Hall–Kier alpha value is -3.35. The van der Waals surface area contributed by atoms with Crippen LogP contribution in [0.5, 0.6) is 5.75 Å². The van der Waals surface area contributed by atoms with Crippen LogP contribution in [0.25, 0.3) is 10.9 Å². The van der Waals surface area contributed by atoms with Crippen molar-refractivity contribution in [1.29, 1.82) is 0 Å². The molecule has 4 rings (SSSR count). The van der Waals surface area contributed by atoms with Gasteiger partial charge in [0.1, 0.15) is 11.6 Å². The first-order chi connectivity index (χ1) is 15.3. The minimum absolute atomic E-state index is 0.0466. The van der Waals surface area contributed by atoms with E-state index in [1.165, 1.54) is 12.1 Å². The summed E-state index contributed by atoms with van der Waals surface area (Å²) in [5.74, 6) is -0.300. The SMILES string of the molecule is Cc1c(C(=O)N2CCC[C@@](COc3ccc(F)cc3)(CC(N)=O)C2)c2ccccc2n1C. The molecule has 7 heteroatoms. The number of carbonyl (C=O) groups excluding carboxylic acids is 2. The van der Waals surface area contributed by atoms with Gasteiger partial charge in [0, 0.05) is 48.6 Å². The van der Waals surface area contributed by atoms with Gasteiger partial charge in [-0.2, -0.15) is 0 Å². The molecular formula is C25H28FN3O3. The van der Waals surface area contributed by atoms with E-state index in [1.54, 1.807) is 12.1 Å². The van der Waals surface area contributed by atoms with Gasteiger partial charge in [-0.1, -0.05) is 18.2 Å². The first kappa shape index (κ1) is 21.9. The van der Waals surface area contributed by atoms with Crippen molar-refractivity contribution in [1.82, 2.24) is 9.47 Å². The van der Waals surface area contributed by atoms with Crippen molar-refractivity contribution in [3.05, 3.63) is 65.6 Å². The van der Waals surface area contributed by atoms with Crippen LogP contribution in [0.15, 0.2) is 48.5 Å². The molecule has 0 saturated carbocycles. The van der Waals surface area contributed by atoms with Gasteiger partial charge in [-0.25, -0.2) is 4.39 Å². The average Bonchev–Trinajstić information content (AvgIpc) is 3.03. The summed E-state index contributed by atoms with van der Waals surface area (Å²) < 4.78 is 21.2. The summed E-state index contributed by atoms with van der Waals surface area (Å²) in [4.78, 5) is 27.4. The lowest BCUT2D eigenvalue weighted by Crippen LogP contribution is -2.50. The number of fused-ring (bicyclic) bond motifs is 1. The van der Waals surface area contributed by atoms with E-state index < -0.39 is 11.3 Å². The van der Waals surface area contributed by atoms with Crippen molar-refractivity contribution < 1.29 is 18.7 Å². The number of carbonyl (C=O) groups is 2. The number of ether oxygens (including phenoxy) is 1. The topological polar surface area (TPSA) is 77.6 Å². The summed E-state index contributed by atoms with van der Waals surface area (Å²) in [6, 6.07) is 13.6. The zero-order valence-electron chi connectivity index (χ0n) is 18.4. The molecule has 2 N–H and O–H groups in total. The average molecular weight is 438 g/mol. The lowest BCUT2D eigenvalue weighted by Gasteiger charge is -2.42. The maximum Gasteiger partial charge on any atom is 0.256 e. The van der Waals surface area contributed by atoms with E-state index in [4.69, 9.17) is 10.5 Å². The number of likely N-dealkylation sites (tertiary alicyclic amines) is 1. The smallest absolute Gasteiger partial charge is 0.256 e. The van der Waals surface area contributed by atoms with Crippen molar-refractivity contribution in [2.75, 3.05) is 19.7 Å². The summed E-state index contributed by atoms with van der Waals surface area (Å²) in [6.07, 6.45) is 1.58. The van der Waals surface area contributed by atoms with E-state index in [1.807, 2.05) is 47.7 Å². The molecule has 3 aromatic rings. The molecule has 0 bridgehead atoms. The zero-order valence-corrected chi connectivity index (χ0v) is 18.4. The largest absolute Gasteiger partial charge is 0.493 e. The molecule has 1 aromatic heterocycles. The van der Waals surface area contributed by atoms with Crippen molar-refractivity contribution >= 4 is 22.7 Å². The summed E-state index contributed by atoms with van der Waals surface area (Å²) >= 11 is 0. The highest BCUT2D eigenvalue weighted by Gasteiger charge is 2.40. The second-order valence-corrected chi connectivity index (χ2v) is 8.75. The quantitative estimate of drug-likeness (QED) is 0.637. The number of piperidine rings is 1. The van der Waals surface area contributed by atoms with Crippen LogP contribution >= 0.6 is 0 Å². The number of nitrogens with two attached hydrogens (primary N) is 1. The molecule has 0 spiro atoms. The first-order valence-corrected chi connectivity index (χ1v) is 10.8. The number of amides is 2. The van der Waals surface area contributed by atoms with Gasteiger partial charge < -0.3 is 19.9 Å². The number of halogens is 1. The molecule has 32 heavy (non-hydrogen) atoms. The Kier molecular flexibility index (Phi) is 5.91.